The lowest BCUT2D eigenvalue weighted by Crippen LogP contribution is -2.33. The van der Waals surface area contributed by atoms with Crippen LogP contribution in [0.25, 0.3) is 11.2 Å². The van der Waals surface area contributed by atoms with Crippen LogP contribution in [0.2, 0.25) is 0 Å². The molecule has 3 heterocycles. The summed E-state index contributed by atoms with van der Waals surface area (Å²) in [6, 6.07) is 0. The molecule has 0 radical (unpaired) electrons. The van der Waals surface area contributed by atoms with Crippen LogP contribution in [0.3, 0.4) is 0 Å². The number of imidazole rings is 1. The average molecular weight is 452 g/mol. The molecule has 3 rings (SSSR count). The Hall–Kier alpha value is -1.26. The molecule has 1 unspecified atom stereocenters. The van der Waals surface area contributed by atoms with Gasteiger partial charge in [-0.25, -0.2) is 15.0 Å². The summed E-state index contributed by atoms with van der Waals surface area (Å²) in [4.78, 5) is 12.7. The van der Waals surface area contributed by atoms with E-state index in [4.69, 9.17) is 31.7 Å². The van der Waals surface area contributed by atoms with Crippen LogP contribution in [0.15, 0.2) is 24.3 Å². The normalized spacial score (nSPS) is 25.2. The molecule has 2 aromatic rings. The van der Waals surface area contributed by atoms with Crippen molar-refractivity contribution in [2.75, 3.05) is 18.5 Å². The molecule has 0 amide bonds. The molecule has 28 heavy (non-hydrogen) atoms. The first-order chi connectivity index (χ1) is 13.2. The van der Waals surface area contributed by atoms with Crippen LogP contribution in [-0.4, -0.2) is 61.2 Å². The number of ether oxygens (including phenoxy) is 1. The fourth-order valence-corrected chi connectivity index (χ4v) is 3.43. The van der Waals surface area contributed by atoms with Crippen molar-refractivity contribution in [2.45, 2.75) is 38.4 Å². The van der Waals surface area contributed by atoms with E-state index in [1.165, 1.54) is 17.2 Å². The van der Waals surface area contributed by atoms with Crippen molar-refractivity contribution in [1.82, 2.24) is 19.5 Å². The summed E-state index contributed by atoms with van der Waals surface area (Å²) in [5, 5.41) is 23.7. The fourth-order valence-electron chi connectivity index (χ4n) is 2.78. The van der Waals surface area contributed by atoms with Gasteiger partial charge in [0.25, 0.3) is 0 Å². The van der Waals surface area contributed by atoms with E-state index in [1.54, 1.807) is 0 Å². The van der Waals surface area contributed by atoms with Crippen molar-refractivity contribution in [3.63, 3.8) is 0 Å². The maximum absolute atomic E-state index is 11.3. The number of aromatic nitrogens is 4. The van der Waals surface area contributed by atoms with Gasteiger partial charge in [0.05, 0.1) is 12.9 Å². The number of anilines is 1. The van der Waals surface area contributed by atoms with Crippen LogP contribution >= 0.6 is 28.6 Å². The van der Waals surface area contributed by atoms with Crippen LogP contribution in [0.5, 0.6) is 0 Å². The quantitative estimate of drug-likeness (QED) is 0.428. The summed E-state index contributed by atoms with van der Waals surface area (Å²) >= 11 is 10.7. The van der Waals surface area contributed by atoms with E-state index in [1.807, 2.05) is 19.9 Å². The summed E-state index contributed by atoms with van der Waals surface area (Å²) in [6.07, 6.45) is -3.57. The fraction of sp³-hybridized carbons (Fsp3) is 0.533. The predicted octanol–water partition coefficient (Wildman–Crippen LogP) is 2.43. The molecular weight excluding hydrogens is 432 g/mol. The SMILES string of the molecule is CC(C)=CCNc1ncnc2c1ncn2[C@@H]1O[C@H](COP(=O)(Cl)Cl)C(O)[C@@H]1O. The Bertz CT molecular complexity index is 915. The third-order valence-corrected chi connectivity index (χ3v) is 5.17. The van der Waals surface area contributed by atoms with Crippen molar-refractivity contribution in [1.29, 1.82) is 0 Å². The number of allylic oxidation sites excluding steroid dienone is 1. The van der Waals surface area contributed by atoms with E-state index in [0.717, 1.165) is 5.57 Å². The van der Waals surface area contributed by atoms with Crippen molar-refractivity contribution in [3.05, 3.63) is 24.3 Å². The van der Waals surface area contributed by atoms with E-state index in [2.05, 4.69) is 20.3 Å². The van der Waals surface area contributed by atoms with Gasteiger partial charge in [-0.05, 0) is 36.3 Å². The number of aliphatic hydroxyl groups excluding tert-OH is 2. The first kappa shape index (κ1) is 21.4. The van der Waals surface area contributed by atoms with Gasteiger partial charge in [0, 0.05) is 6.54 Å². The van der Waals surface area contributed by atoms with Gasteiger partial charge in [-0.15, -0.1) is 0 Å². The molecule has 4 atom stereocenters. The van der Waals surface area contributed by atoms with Crippen molar-refractivity contribution in [2.24, 2.45) is 0 Å². The molecule has 1 saturated heterocycles. The predicted molar refractivity (Wildman–Crippen MR) is 104 cm³/mol. The Morgan fingerprint density at radius 1 is 1.36 bits per heavy atom. The first-order valence-electron chi connectivity index (χ1n) is 8.37. The Morgan fingerprint density at radius 3 is 2.79 bits per heavy atom. The third kappa shape index (κ3) is 4.83. The molecule has 10 nitrogen and oxygen atoms in total. The molecule has 0 aromatic carbocycles. The first-order valence-corrected chi connectivity index (χ1v) is 11.8. The lowest BCUT2D eigenvalue weighted by atomic mass is 10.1. The summed E-state index contributed by atoms with van der Waals surface area (Å²) < 4.78 is 23.2. The van der Waals surface area contributed by atoms with E-state index < -0.39 is 30.6 Å². The lowest BCUT2D eigenvalue weighted by Gasteiger charge is -2.16. The van der Waals surface area contributed by atoms with Crippen molar-refractivity contribution < 1.29 is 24.0 Å². The molecule has 1 fully saturated rings. The Kier molecular flexibility index (Phi) is 6.61. The number of nitrogens with one attached hydrogen (secondary N) is 1. The summed E-state index contributed by atoms with van der Waals surface area (Å²) in [5.41, 5.74) is 2.06. The minimum atomic E-state index is -3.79. The zero-order valence-corrected chi connectivity index (χ0v) is 17.5. The summed E-state index contributed by atoms with van der Waals surface area (Å²) in [5.74, 6) is 0.527. The maximum Gasteiger partial charge on any atom is 0.380 e. The number of halogens is 2. The van der Waals surface area contributed by atoms with Gasteiger partial charge >= 0.3 is 6.07 Å². The Morgan fingerprint density at radius 2 is 2.11 bits per heavy atom. The van der Waals surface area contributed by atoms with Crippen LogP contribution < -0.4 is 5.32 Å². The smallest absolute Gasteiger partial charge is 0.380 e. The molecule has 0 saturated carbocycles. The van der Waals surface area contributed by atoms with Gasteiger partial charge in [-0.3, -0.25) is 9.13 Å². The number of hydrogen-bond donors (Lipinski definition) is 3. The number of rotatable bonds is 7. The topological polar surface area (TPSA) is 132 Å². The van der Waals surface area contributed by atoms with Gasteiger partial charge in [-0.1, -0.05) is 11.6 Å². The minimum absolute atomic E-state index is 0.351. The second-order valence-electron chi connectivity index (χ2n) is 6.47. The molecule has 1 aliphatic rings. The minimum Gasteiger partial charge on any atom is -0.387 e. The van der Waals surface area contributed by atoms with E-state index in [9.17, 15) is 14.8 Å². The largest absolute Gasteiger partial charge is 0.387 e. The standard InChI is InChI=1S/C15H20Cl2N5O5P/c1-8(2)3-4-18-13-10-14(20-6-19-13)22(7-21-10)15-12(24)11(23)9(27-15)5-26-28(16,17)25/h3,6-7,9,11-12,15,23-24H,4-5H2,1-2H3,(H,18,19,20)/t9-,11?,12+,15-/m1/s1. The number of aliphatic hydroxyl groups is 2. The van der Waals surface area contributed by atoms with Crippen LogP contribution in [-0.2, 0) is 13.8 Å². The van der Waals surface area contributed by atoms with Gasteiger partial charge in [0.1, 0.15) is 24.6 Å². The van der Waals surface area contributed by atoms with Gasteiger partial charge in [0.2, 0.25) is 0 Å². The number of nitrogens with zero attached hydrogens (tertiary/aromatic N) is 4. The van der Waals surface area contributed by atoms with E-state index in [-0.39, 0.29) is 6.61 Å². The monoisotopic (exact) mass is 451 g/mol. The zero-order chi connectivity index (χ0) is 20.5. The van der Waals surface area contributed by atoms with Gasteiger partial charge in [0.15, 0.2) is 23.2 Å². The summed E-state index contributed by atoms with van der Waals surface area (Å²) in [7, 11) is 0. The molecule has 13 heteroatoms. The highest BCUT2D eigenvalue weighted by atomic mass is 35.9. The highest BCUT2D eigenvalue weighted by molar-refractivity contribution is 8.05. The molecular formula is C15H20Cl2N5O5P. The Balaban J connectivity index is 1.81. The van der Waals surface area contributed by atoms with Crippen molar-refractivity contribution >= 4 is 45.5 Å². The van der Waals surface area contributed by atoms with E-state index in [0.29, 0.717) is 23.5 Å². The average Bonchev–Trinajstić information content (AvgIpc) is 3.15. The molecule has 154 valence electrons. The molecule has 0 spiro atoms. The molecule has 0 bridgehead atoms. The van der Waals surface area contributed by atoms with Gasteiger partial charge in [-0.2, -0.15) is 0 Å². The van der Waals surface area contributed by atoms with Crippen molar-refractivity contribution in [3.8, 4) is 0 Å². The number of fused-ring (bicyclic) bond motifs is 1. The second-order valence-corrected chi connectivity index (χ2v) is 10.7. The Labute approximate surface area is 170 Å². The van der Waals surface area contributed by atoms with Crippen LogP contribution in [0.1, 0.15) is 20.1 Å². The van der Waals surface area contributed by atoms with E-state index >= 15 is 0 Å². The summed E-state index contributed by atoms with van der Waals surface area (Å²) in [6.45, 7) is 4.20. The number of hydrogen-bond acceptors (Lipinski definition) is 9. The maximum atomic E-state index is 11.3. The van der Waals surface area contributed by atoms with Gasteiger partial charge < -0.3 is 24.8 Å². The highest BCUT2D eigenvalue weighted by Gasteiger charge is 2.45. The molecule has 1 aliphatic heterocycles. The molecule has 0 aliphatic carbocycles. The van der Waals surface area contributed by atoms with Crippen LogP contribution in [0.4, 0.5) is 5.82 Å². The van der Waals surface area contributed by atoms with Crippen LogP contribution in [0, 0.1) is 0 Å². The lowest BCUT2D eigenvalue weighted by molar-refractivity contribution is -0.0465. The third-order valence-electron chi connectivity index (χ3n) is 4.14. The zero-order valence-electron chi connectivity index (χ0n) is 15.1. The molecule has 3 N–H and O–H groups in total. The molecule has 2 aromatic heterocycles. The second kappa shape index (κ2) is 8.62. The highest BCUT2D eigenvalue weighted by Crippen LogP contribution is 2.57.